The number of rotatable bonds is 50. The third kappa shape index (κ3) is 37.5. The number of hydrogen-bond donors (Lipinski definition) is 13. The number of alkyl carbamates (subject to hydrolysis) is 2. The minimum Gasteiger partial charge on any atom is -0.481 e. The van der Waals surface area contributed by atoms with Crippen LogP contribution in [0.15, 0.2) is 9.98 Å². The Hall–Kier alpha value is -7.41. The van der Waals surface area contributed by atoms with Gasteiger partial charge < -0.3 is 99.0 Å². The largest absolute Gasteiger partial charge is 0.481 e. The Morgan fingerprint density at radius 1 is 0.516 bits per heavy atom. The van der Waals surface area contributed by atoms with Crippen LogP contribution in [0.2, 0.25) is 0 Å². The molecule has 2 fully saturated rings. The number of guanidine groups is 2. The fourth-order valence-corrected chi connectivity index (χ4v) is 12.0. The predicted molar refractivity (Wildman–Crippen MR) is 351 cm³/mol. The molecule has 10 atom stereocenters. The number of nitrogens with one attached hydrogen (secondary N) is 8. The summed E-state index contributed by atoms with van der Waals surface area (Å²) in [5.41, 5.74) is 23.0. The Labute approximate surface area is 559 Å². The number of nitrogens with zero attached hydrogens (tertiary/aromatic N) is 2. The van der Waals surface area contributed by atoms with E-state index in [1.165, 1.54) is 13.8 Å². The van der Waals surface area contributed by atoms with Gasteiger partial charge in [0.25, 0.3) is 0 Å². The molecule has 0 bridgehead atoms. The molecular weight excluding hydrogens is 1240 g/mol. The number of amides is 8. The Kier molecular flexibility index (Phi) is 46.7. The van der Waals surface area contributed by atoms with E-state index in [1.54, 1.807) is 0 Å². The zero-order valence-electron chi connectivity index (χ0n) is 57.1. The number of aliphatic imine (C=N–C) groups is 2. The van der Waals surface area contributed by atoms with E-state index in [0.717, 1.165) is 32.1 Å². The van der Waals surface area contributed by atoms with Gasteiger partial charge in [0.15, 0.2) is 11.9 Å². The molecule has 8 amide bonds. The van der Waals surface area contributed by atoms with Crippen LogP contribution in [0.25, 0.3) is 0 Å². The lowest BCUT2D eigenvalue weighted by Gasteiger charge is -2.36. The molecule has 0 radical (unpaired) electrons. The minimum atomic E-state index is -1.18. The lowest BCUT2D eigenvalue weighted by Crippen LogP contribution is -2.52. The first kappa shape index (κ1) is 85.6. The van der Waals surface area contributed by atoms with Crippen molar-refractivity contribution < 1.29 is 86.3 Å². The molecule has 0 aromatic rings. The lowest BCUT2D eigenvalue weighted by molar-refractivity contribution is -0.192. The molecule has 0 aromatic heterocycles. The van der Waals surface area contributed by atoms with E-state index < -0.39 is 78.0 Å². The molecule has 2 aliphatic rings. The first-order chi connectivity index (χ1) is 45.5. The van der Waals surface area contributed by atoms with Gasteiger partial charge in [-0.25, -0.2) is 19.6 Å². The fourth-order valence-electron chi connectivity index (χ4n) is 12.0. The van der Waals surface area contributed by atoms with Gasteiger partial charge in [0, 0.05) is 83.4 Å². The summed E-state index contributed by atoms with van der Waals surface area (Å²) < 4.78 is 33.6. The van der Waals surface area contributed by atoms with Gasteiger partial charge in [0.05, 0.1) is 70.8 Å². The summed E-state index contributed by atoms with van der Waals surface area (Å²) in [6, 6.07) is -3.03. The number of carboxylic acid groups (broad SMARTS) is 1. The first-order valence-electron chi connectivity index (χ1n) is 33.8. The smallest absolute Gasteiger partial charge is 0.407 e. The average Bonchev–Trinajstić information content (AvgIpc) is 1.65. The van der Waals surface area contributed by atoms with Crippen molar-refractivity contribution in [2.24, 2.45) is 62.5 Å². The number of aliphatic carboxylic acids is 1. The van der Waals surface area contributed by atoms with Crippen molar-refractivity contribution in [3.63, 3.8) is 0 Å². The maximum absolute atomic E-state index is 13.5. The molecule has 0 unspecified atom stereocenters. The van der Waals surface area contributed by atoms with Gasteiger partial charge in [0.2, 0.25) is 35.4 Å². The quantitative estimate of drug-likeness (QED) is 0.0233. The number of carbonyl (C=O) groups excluding carboxylic acids is 10. The standard InChI is InChI=1S/C62H114N14O16.CO2/c1-8-30-87-32-34-89-36-37-90-35-33-88-31-25-50(80)74-46(22-24-49(79)67-26-17-13-15-19-28-69-61(85)91-48-23-21-45(75-59(63)64)52(48)54(72-40(6)77)42(9-2)10-3)57(82)71-39-51(81)68-27-18-14-16-20-29-70-62(86)92-56-44(58(83)84)38-47(76-60(65)66)53(56)55(73-41(7)78)43(11-4)12-5;2-1-3/h42-48,52-56H,8-39H2,1-7H3,(H,67,79)(H,68,81)(H,69,85)(H,70,86)(H,71,82)(H,72,77)(H,73,78)(H,74,80)(H,83,84)(H4,63,64,75)(H4,65,66,76);/t44-,45+,46+,47+,48+,52-,53+,54+,55+,56+;/m0./s1. The molecule has 0 spiro atoms. The molecule has 0 heterocycles. The van der Waals surface area contributed by atoms with Gasteiger partial charge in [-0.1, -0.05) is 86.0 Å². The molecule has 0 aliphatic heterocycles. The average molecular weight is 1360 g/mol. The minimum absolute atomic E-state index is 0.00454. The Morgan fingerprint density at radius 2 is 0.958 bits per heavy atom. The number of carboxylic acids is 1. The summed E-state index contributed by atoms with van der Waals surface area (Å²) in [6.07, 6.45) is 7.30. The van der Waals surface area contributed by atoms with Crippen LogP contribution in [0.4, 0.5) is 9.59 Å². The molecule has 0 saturated heterocycles. The van der Waals surface area contributed by atoms with Crippen molar-refractivity contribution in [2.75, 3.05) is 85.6 Å². The molecule has 32 nitrogen and oxygen atoms in total. The van der Waals surface area contributed by atoms with Crippen molar-refractivity contribution in [1.29, 1.82) is 0 Å². The summed E-state index contributed by atoms with van der Waals surface area (Å²) in [6.45, 7) is 16.7. The van der Waals surface area contributed by atoms with Crippen molar-refractivity contribution in [3.8, 4) is 0 Å². The van der Waals surface area contributed by atoms with Crippen molar-refractivity contribution in [1.82, 2.24) is 42.5 Å². The highest BCUT2D eigenvalue weighted by molar-refractivity contribution is 5.91. The number of nitrogens with two attached hydrogens (primary N) is 4. The van der Waals surface area contributed by atoms with Gasteiger partial charge >= 0.3 is 24.3 Å². The van der Waals surface area contributed by atoms with Crippen LogP contribution in [0.1, 0.15) is 170 Å². The van der Waals surface area contributed by atoms with Crippen LogP contribution in [-0.2, 0) is 71.6 Å². The lowest BCUT2D eigenvalue weighted by atomic mass is 9.80. The molecule has 544 valence electrons. The second-order valence-corrected chi connectivity index (χ2v) is 23.6. The van der Waals surface area contributed by atoms with E-state index in [9.17, 15) is 48.3 Å². The Morgan fingerprint density at radius 3 is 1.42 bits per heavy atom. The SMILES string of the molecule is CCCOCCOCCOCCOCCC(=O)N[C@H](CCC(=O)NCCCCCCNC(=O)O[C@@H]1CC[C@@H](N=C(N)N)[C@@H]1[C@H](NC(C)=O)C(CC)CC)C(=O)NCC(=O)NCCCCCCNC(=O)O[C@H]1[C@@H]([C@H](NC(C)=O)C(CC)CC)[C@H](N=C(N)N)C[C@@H]1C(=O)O.O=C=O. The number of ether oxygens (including phenoxy) is 6. The summed E-state index contributed by atoms with van der Waals surface area (Å²) >= 11 is 0. The van der Waals surface area contributed by atoms with Crippen LogP contribution < -0.4 is 65.5 Å². The van der Waals surface area contributed by atoms with E-state index in [2.05, 4.69) is 66.4 Å². The van der Waals surface area contributed by atoms with Crippen molar-refractivity contribution in [3.05, 3.63) is 0 Å². The monoisotopic (exact) mass is 1350 g/mol. The second kappa shape index (κ2) is 51.9. The molecule has 95 heavy (non-hydrogen) atoms. The molecule has 32 heteroatoms. The summed E-state index contributed by atoms with van der Waals surface area (Å²) in [5, 5.41) is 32.6. The maximum atomic E-state index is 13.5. The van der Waals surface area contributed by atoms with E-state index >= 15 is 0 Å². The van der Waals surface area contributed by atoms with Crippen molar-refractivity contribution >= 4 is 71.7 Å². The Bertz CT molecular complexity index is 2350. The highest BCUT2D eigenvalue weighted by atomic mass is 16.6. The molecular formula is C63H114N14O18. The van der Waals surface area contributed by atoms with Crippen LogP contribution in [0, 0.1) is 29.6 Å². The van der Waals surface area contributed by atoms with E-state index in [0.29, 0.717) is 117 Å². The molecule has 2 aliphatic carbocycles. The second-order valence-electron chi connectivity index (χ2n) is 23.6. The van der Waals surface area contributed by atoms with Crippen molar-refractivity contribution in [2.45, 2.75) is 213 Å². The highest BCUT2D eigenvalue weighted by Gasteiger charge is 2.54. The first-order valence-corrected chi connectivity index (χ1v) is 33.8. The van der Waals surface area contributed by atoms with Crippen LogP contribution in [0.5, 0.6) is 0 Å². The van der Waals surface area contributed by atoms with Gasteiger partial charge in [0.1, 0.15) is 18.2 Å². The topological polar surface area (TPSA) is 488 Å². The van der Waals surface area contributed by atoms with Crippen LogP contribution in [0.3, 0.4) is 0 Å². The predicted octanol–water partition coefficient (Wildman–Crippen LogP) is 1.49. The summed E-state index contributed by atoms with van der Waals surface area (Å²) in [7, 11) is 0. The normalized spacial score (nSPS) is 18.9. The van der Waals surface area contributed by atoms with E-state index in [4.69, 9.17) is 60.9 Å². The maximum Gasteiger partial charge on any atom is 0.407 e. The molecule has 2 saturated carbocycles. The van der Waals surface area contributed by atoms with Gasteiger partial charge in [-0.05, 0) is 69.6 Å². The third-order valence-electron chi connectivity index (χ3n) is 16.5. The van der Waals surface area contributed by atoms with Gasteiger partial charge in [-0.2, -0.15) is 9.59 Å². The van der Waals surface area contributed by atoms with Crippen LogP contribution >= 0.6 is 0 Å². The summed E-state index contributed by atoms with van der Waals surface area (Å²) in [5.74, 6) is -6.02. The van der Waals surface area contributed by atoms with Gasteiger partial charge in [-0.15, -0.1) is 0 Å². The zero-order chi connectivity index (χ0) is 70.9. The highest BCUT2D eigenvalue weighted by Crippen LogP contribution is 2.42. The number of carbonyl (C=O) groups is 9. The summed E-state index contributed by atoms with van der Waals surface area (Å²) in [4.78, 5) is 141. The molecule has 17 N–H and O–H groups in total. The van der Waals surface area contributed by atoms with E-state index in [1.807, 2.05) is 20.8 Å². The number of hydrogen-bond acceptors (Lipinski definition) is 19. The Balaban J connectivity index is 0.0000147. The molecule has 2 rings (SSSR count). The molecule has 0 aromatic carbocycles. The van der Waals surface area contributed by atoms with Gasteiger partial charge in [-0.3, -0.25) is 33.6 Å². The number of unbranched alkanes of at least 4 members (excludes halogenated alkanes) is 6. The fraction of sp³-hybridized carbons (Fsp3) is 0.810. The van der Waals surface area contributed by atoms with E-state index in [-0.39, 0.29) is 124 Å². The third-order valence-corrected chi connectivity index (χ3v) is 16.5. The zero-order valence-corrected chi connectivity index (χ0v) is 57.1. The van der Waals surface area contributed by atoms with Crippen LogP contribution in [-0.4, -0.2) is 205 Å².